The molecule has 0 aromatic carbocycles. The Morgan fingerprint density at radius 3 is 2.33 bits per heavy atom. The first kappa shape index (κ1) is 12.7. The minimum Gasteiger partial charge on any atom is -0.348 e. The molecule has 0 fully saturated rings. The molecule has 0 aliphatic rings. The van der Waals surface area contributed by atoms with Crippen molar-refractivity contribution in [2.24, 2.45) is 7.05 Å². The highest BCUT2D eigenvalue weighted by Crippen LogP contribution is 2.19. The summed E-state index contributed by atoms with van der Waals surface area (Å²) in [6.45, 7) is 6.79. The van der Waals surface area contributed by atoms with Crippen molar-refractivity contribution >= 4 is 10.8 Å². The molecule has 0 aliphatic carbocycles. The zero-order valence-electron chi connectivity index (χ0n) is 11.3. The molecule has 0 amide bonds. The molecule has 5 nitrogen and oxygen atoms in total. The lowest BCUT2D eigenvalue weighted by atomic mass is 10.2. The Labute approximate surface area is 105 Å². The first-order chi connectivity index (χ1) is 8.49. The van der Waals surface area contributed by atoms with Crippen molar-refractivity contribution in [1.29, 1.82) is 0 Å². The molecular formula is C13H19N3O2. The molecule has 5 heteroatoms. The van der Waals surface area contributed by atoms with Gasteiger partial charge in [0.15, 0.2) is 0 Å². The average molecular weight is 249 g/mol. The van der Waals surface area contributed by atoms with Gasteiger partial charge in [0.2, 0.25) is 0 Å². The van der Waals surface area contributed by atoms with Crippen molar-refractivity contribution in [3.05, 3.63) is 32.1 Å². The largest absolute Gasteiger partial charge is 0.348 e. The molecule has 2 aromatic heterocycles. The summed E-state index contributed by atoms with van der Waals surface area (Å²) >= 11 is 0. The number of nitrogens with zero attached hydrogens (tertiary/aromatic N) is 2. The maximum absolute atomic E-state index is 12.1. The second-order valence-electron chi connectivity index (χ2n) is 4.73. The number of rotatable bonds is 3. The molecule has 0 saturated carbocycles. The summed E-state index contributed by atoms with van der Waals surface area (Å²) in [5.41, 5.74) is 1.45. The minimum atomic E-state index is -0.192. The quantitative estimate of drug-likeness (QED) is 0.895. The fraction of sp³-hybridized carbons (Fsp3) is 0.538. The molecule has 98 valence electrons. The summed E-state index contributed by atoms with van der Waals surface area (Å²) < 4.78 is 3.33. The number of nitrogens with one attached hydrogen (secondary N) is 1. The van der Waals surface area contributed by atoms with E-state index in [2.05, 4.69) is 16.6 Å². The maximum Gasteiger partial charge on any atom is 0.274 e. The number of aromatic amines is 1. The molecule has 0 saturated heterocycles. The highest BCUT2D eigenvalue weighted by molar-refractivity contribution is 5.86. The van der Waals surface area contributed by atoms with Crippen LogP contribution in [0.15, 0.2) is 9.59 Å². The summed E-state index contributed by atoms with van der Waals surface area (Å²) in [4.78, 5) is 24.1. The van der Waals surface area contributed by atoms with E-state index >= 15 is 0 Å². The van der Waals surface area contributed by atoms with Crippen LogP contribution in [0.5, 0.6) is 0 Å². The Hall–Kier alpha value is -1.78. The fourth-order valence-electron chi connectivity index (χ4n) is 2.50. The molecule has 1 N–H and O–H groups in total. The second kappa shape index (κ2) is 4.48. The molecule has 0 bridgehead atoms. The van der Waals surface area contributed by atoms with Crippen LogP contribution >= 0.6 is 0 Å². The Bertz CT molecular complexity index is 704. The van der Waals surface area contributed by atoms with E-state index in [1.165, 1.54) is 4.68 Å². The van der Waals surface area contributed by atoms with Gasteiger partial charge in [0.05, 0.1) is 10.8 Å². The minimum absolute atomic E-state index is 0.138. The van der Waals surface area contributed by atoms with Crippen LogP contribution in [0.2, 0.25) is 0 Å². The fourth-order valence-corrected chi connectivity index (χ4v) is 2.50. The lowest BCUT2D eigenvalue weighted by molar-refractivity contribution is 0.612. The molecule has 18 heavy (non-hydrogen) atoms. The van der Waals surface area contributed by atoms with Gasteiger partial charge in [-0.2, -0.15) is 0 Å². The van der Waals surface area contributed by atoms with Crippen LogP contribution < -0.4 is 11.1 Å². The highest BCUT2D eigenvalue weighted by Gasteiger charge is 2.17. The zero-order chi connectivity index (χ0) is 13.4. The van der Waals surface area contributed by atoms with Crippen LogP contribution in [0, 0.1) is 13.8 Å². The van der Waals surface area contributed by atoms with E-state index in [1.807, 2.05) is 13.8 Å². The van der Waals surface area contributed by atoms with Crippen LogP contribution in [0.3, 0.4) is 0 Å². The average Bonchev–Trinajstić information content (AvgIpc) is 2.57. The first-order valence-electron chi connectivity index (χ1n) is 6.27. The lowest BCUT2D eigenvalue weighted by Gasteiger charge is -2.07. The highest BCUT2D eigenvalue weighted by atomic mass is 16.2. The predicted molar refractivity (Wildman–Crippen MR) is 72.2 cm³/mol. The van der Waals surface area contributed by atoms with E-state index < -0.39 is 0 Å². The van der Waals surface area contributed by atoms with Crippen molar-refractivity contribution in [2.45, 2.75) is 40.2 Å². The smallest absolute Gasteiger partial charge is 0.274 e. The number of aryl methyl sites for hydroxylation is 3. The molecule has 0 atom stereocenters. The number of hydrogen-bond donors (Lipinski definition) is 1. The third-order valence-corrected chi connectivity index (χ3v) is 3.53. The number of H-pyrrole nitrogens is 1. The monoisotopic (exact) mass is 249 g/mol. The van der Waals surface area contributed by atoms with Gasteiger partial charge in [-0.15, -0.1) is 0 Å². The molecule has 2 heterocycles. The summed E-state index contributed by atoms with van der Waals surface area (Å²) in [5.74, 6) is 0. The van der Waals surface area contributed by atoms with E-state index in [-0.39, 0.29) is 11.1 Å². The van der Waals surface area contributed by atoms with Gasteiger partial charge in [-0.05, 0) is 20.3 Å². The van der Waals surface area contributed by atoms with Crippen molar-refractivity contribution in [2.75, 3.05) is 0 Å². The van der Waals surface area contributed by atoms with E-state index in [0.717, 1.165) is 30.8 Å². The van der Waals surface area contributed by atoms with Gasteiger partial charge in [0.1, 0.15) is 0 Å². The zero-order valence-corrected chi connectivity index (χ0v) is 11.3. The third kappa shape index (κ3) is 1.70. The summed E-state index contributed by atoms with van der Waals surface area (Å²) in [6, 6.07) is 0. The molecule has 2 rings (SSSR count). The van der Waals surface area contributed by atoms with Crippen molar-refractivity contribution in [1.82, 2.24) is 14.3 Å². The van der Waals surface area contributed by atoms with Gasteiger partial charge in [-0.1, -0.05) is 13.3 Å². The Morgan fingerprint density at radius 2 is 1.72 bits per heavy atom. The third-order valence-electron chi connectivity index (χ3n) is 3.53. The van der Waals surface area contributed by atoms with Gasteiger partial charge < -0.3 is 4.57 Å². The normalized spacial score (nSPS) is 11.3. The van der Waals surface area contributed by atoms with Crippen LogP contribution in [0.1, 0.15) is 31.2 Å². The molecule has 2 aromatic rings. The van der Waals surface area contributed by atoms with Crippen molar-refractivity contribution in [3.8, 4) is 0 Å². The SMILES string of the molecule is CCCCn1c(C)c2c(=O)[nH]n(C)c(=O)c2c1C. The summed E-state index contributed by atoms with van der Waals surface area (Å²) in [5, 5.41) is 3.64. The standard InChI is InChI=1S/C13H19N3O2/c1-5-6-7-16-8(2)10-11(9(16)3)13(18)15(4)14-12(10)17/h5-7H2,1-4H3,(H,14,17). The molecule has 0 radical (unpaired) electrons. The Kier molecular flexibility index (Phi) is 3.15. The van der Waals surface area contributed by atoms with Crippen LogP contribution in [-0.2, 0) is 13.6 Å². The maximum atomic E-state index is 12.1. The topological polar surface area (TPSA) is 59.8 Å². The van der Waals surface area contributed by atoms with Crippen LogP contribution in [0.25, 0.3) is 10.8 Å². The summed E-state index contributed by atoms with van der Waals surface area (Å²) in [6.07, 6.45) is 2.13. The van der Waals surface area contributed by atoms with Gasteiger partial charge in [0, 0.05) is 25.0 Å². The van der Waals surface area contributed by atoms with Gasteiger partial charge in [-0.3, -0.25) is 19.4 Å². The number of unbranched alkanes of at least 4 members (excludes halogenated alkanes) is 1. The lowest BCUT2D eigenvalue weighted by Crippen LogP contribution is -2.27. The van der Waals surface area contributed by atoms with E-state index in [1.54, 1.807) is 7.05 Å². The summed E-state index contributed by atoms with van der Waals surface area (Å²) in [7, 11) is 1.57. The number of hydrogen-bond acceptors (Lipinski definition) is 2. The van der Waals surface area contributed by atoms with E-state index in [4.69, 9.17) is 0 Å². The molecule has 0 aliphatic heterocycles. The molecular weight excluding hydrogens is 230 g/mol. The Morgan fingerprint density at radius 1 is 1.11 bits per heavy atom. The van der Waals surface area contributed by atoms with E-state index in [9.17, 15) is 9.59 Å². The second-order valence-corrected chi connectivity index (χ2v) is 4.73. The van der Waals surface area contributed by atoms with Crippen molar-refractivity contribution in [3.63, 3.8) is 0 Å². The van der Waals surface area contributed by atoms with Crippen LogP contribution in [0.4, 0.5) is 0 Å². The van der Waals surface area contributed by atoms with Crippen LogP contribution in [-0.4, -0.2) is 14.3 Å². The Balaban J connectivity index is 2.86. The number of aromatic nitrogens is 3. The molecule has 0 unspecified atom stereocenters. The van der Waals surface area contributed by atoms with Gasteiger partial charge >= 0.3 is 0 Å². The van der Waals surface area contributed by atoms with E-state index in [0.29, 0.717) is 10.8 Å². The van der Waals surface area contributed by atoms with Crippen molar-refractivity contribution < 1.29 is 0 Å². The number of fused-ring (bicyclic) bond motifs is 1. The molecule has 0 spiro atoms. The first-order valence-corrected chi connectivity index (χ1v) is 6.27. The van der Waals surface area contributed by atoms with Gasteiger partial charge in [0.25, 0.3) is 11.1 Å². The van der Waals surface area contributed by atoms with Gasteiger partial charge in [-0.25, -0.2) is 0 Å². The predicted octanol–water partition coefficient (Wildman–Crippen LogP) is 1.45.